The summed E-state index contributed by atoms with van der Waals surface area (Å²) in [6.45, 7) is 15.0. The lowest BCUT2D eigenvalue weighted by Gasteiger charge is -2.29. The number of nitrogens with two attached hydrogens (primary N) is 2. The van der Waals surface area contributed by atoms with Crippen LogP contribution >= 0.6 is 0 Å². The molecule has 2 amide bonds. The molecule has 0 heterocycles. The Morgan fingerprint density at radius 3 is 0.740 bits per heavy atom. The zero-order valence-electron chi connectivity index (χ0n) is 34.5. The maximum absolute atomic E-state index is 12.9. The van der Waals surface area contributed by atoms with E-state index in [2.05, 4.69) is 37.5 Å². The first-order valence-corrected chi connectivity index (χ1v) is 22.4. The number of carbonyl (C=O) groups excluding carboxylic acids is 2. The Morgan fingerprint density at radius 2 is 0.540 bits per heavy atom. The van der Waals surface area contributed by atoms with E-state index < -0.39 is 11.8 Å². The second-order valence-electron chi connectivity index (χ2n) is 15.8. The molecule has 6 nitrogen and oxygen atoms in total. The van der Waals surface area contributed by atoms with Crippen molar-refractivity contribution in [1.82, 2.24) is 9.80 Å². The Kier molecular flexibility index (Phi) is 36.8. The fraction of sp³-hybridized carbons (Fsp3) is 0.955. The van der Waals surface area contributed by atoms with Crippen molar-refractivity contribution >= 4 is 11.8 Å². The van der Waals surface area contributed by atoms with Crippen molar-refractivity contribution < 1.29 is 9.59 Å². The van der Waals surface area contributed by atoms with Crippen LogP contribution in [0, 0.1) is 11.8 Å². The van der Waals surface area contributed by atoms with Crippen LogP contribution in [0.15, 0.2) is 0 Å². The van der Waals surface area contributed by atoms with Crippen molar-refractivity contribution in [2.24, 2.45) is 23.3 Å². The van der Waals surface area contributed by atoms with Gasteiger partial charge in [-0.25, -0.2) is 0 Å². The van der Waals surface area contributed by atoms with E-state index in [1.165, 1.54) is 180 Å². The minimum Gasteiger partial charge on any atom is -0.369 e. The molecule has 6 heteroatoms. The normalized spacial score (nSPS) is 13.0. The van der Waals surface area contributed by atoms with Crippen LogP contribution in [0.5, 0.6) is 0 Å². The number of unbranched alkanes of at least 4 members (excludes halogenated alkanes) is 24. The summed E-state index contributed by atoms with van der Waals surface area (Å²) < 4.78 is 0. The van der Waals surface area contributed by atoms with Gasteiger partial charge in [0.05, 0.1) is 11.8 Å². The second-order valence-corrected chi connectivity index (χ2v) is 15.8. The van der Waals surface area contributed by atoms with Crippen LogP contribution in [-0.4, -0.2) is 60.9 Å². The van der Waals surface area contributed by atoms with Crippen molar-refractivity contribution in [3.05, 3.63) is 0 Å². The van der Waals surface area contributed by atoms with Gasteiger partial charge < -0.3 is 21.3 Å². The molecule has 0 saturated carbocycles. The number of carbonyl (C=O) groups is 2. The number of primary amides is 2. The fourth-order valence-corrected chi connectivity index (χ4v) is 7.57. The highest BCUT2D eigenvalue weighted by molar-refractivity contribution is 5.86. The number of nitrogens with zero attached hydrogens (tertiary/aromatic N) is 2. The highest BCUT2D eigenvalue weighted by Crippen LogP contribution is 2.22. The van der Waals surface area contributed by atoms with Crippen LogP contribution in [0.1, 0.15) is 220 Å². The molecule has 50 heavy (non-hydrogen) atoms. The van der Waals surface area contributed by atoms with Crippen LogP contribution in [0.3, 0.4) is 0 Å². The predicted molar refractivity (Wildman–Crippen MR) is 219 cm³/mol. The molecule has 4 N–H and O–H groups in total. The van der Waals surface area contributed by atoms with Crippen LogP contribution in [0.2, 0.25) is 0 Å². The first kappa shape index (κ1) is 48.9. The van der Waals surface area contributed by atoms with Gasteiger partial charge in [-0.2, -0.15) is 0 Å². The van der Waals surface area contributed by atoms with Gasteiger partial charge in [-0.15, -0.1) is 0 Å². The molecule has 0 aromatic heterocycles. The highest BCUT2D eigenvalue weighted by Gasteiger charge is 2.31. The van der Waals surface area contributed by atoms with Gasteiger partial charge >= 0.3 is 0 Å². The van der Waals surface area contributed by atoms with Gasteiger partial charge in [0.1, 0.15) is 0 Å². The molecule has 0 aromatic carbocycles. The van der Waals surface area contributed by atoms with E-state index in [0.29, 0.717) is 12.8 Å². The Bertz CT molecular complexity index is 637. The van der Waals surface area contributed by atoms with Crippen LogP contribution in [0.25, 0.3) is 0 Å². The Balaban J connectivity index is 5.22. The molecule has 0 radical (unpaired) electrons. The molecular weight excluding hydrogens is 617 g/mol. The molecule has 0 spiro atoms. The fourth-order valence-electron chi connectivity index (χ4n) is 7.57. The van der Waals surface area contributed by atoms with Gasteiger partial charge in [0.25, 0.3) is 0 Å². The smallest absolute Gasteiger partial charge is 0.221 e. The molecule has 0 aliphatic carbocycles. The van der Waals surface area contributed by atoms with Crippen molar-refractivity contribution in [1.29, 1.82) is 0 Å². The molecule has 0 saturated heterocycles. The molecule has 2 unspecified atom stereocenters. The molecular formula is C44H90N4O2. The molecule has 298 valence electrons. The van der Waals surface area contributed by atoms with E-state index >= 15 is 0 Å². The van der Waals surface area contributed by atoms with Crippen LogP contribution in [-0.2, 0) is 9.59 Å². The van der Waals surface area contributed by atoms with E-state index in [1.807, 2.05) is 0 Å². The van der Waals surface area contributed by atoms with Crippen molar-refractivity contribution in [3.8, 4) is 0 Å². The minimum atomic E-state index is -0.489. The maximum atomic E-state index is 12.9. The van der Waals surface area contributed by atoms with Gasteiger partial charge in [0, 0.05) is 0 Å². The molecule has 0 aliphatic rings. The lowest BCUT2D eigenvalue weighted by Crippen LogP contribution is -2.42. The van der Waals surface area contributed by atoms with E-state index in [0.717, 1.165) is 39.3 Å². The number of hydrogen-bond acceptors (Lipinski definition) is 4. The number of hydrogen-bond donors (Lipinski definition) is 2. The summed E-state index contributed by atoms with van der Waals surface area (Å²) >= 11 is 0. The number of amides is 2. The van der Waals surface area contributed by atoms with E-state index in [1.54, 1.807) is 0 Å². The molecule has 0 rings (SSSR count). The summed E-state index contributed by atoms with van der Waals surface area (Å²) in [4.78, 5) is 30.9. The zero-order valence-corrected chi connectivity index (χ0v) is 34.5. The van der Waals surface area contributed by atoms with Crippen molar-refractivity contribution in [3.63, 3.8) is 0 Å². The van der Waals surface area contributed by atoms with Gasteiger partial charge in [0.15, 0.2) is 0 Å². The van der Waals surface area contributed by atoms with Gasteiger partial charge in [-0.1, -0.05) is 182 Å². The standard InChI is InChI=1S/C44H90N4O2/c1-5-9-13-17-21-25-29-35-47(36-30-26-22-18-14-10-6-2)39-33-41(43(45)49)42(44(46)50)34-40-48(37-31-27-23-19-15-11-7-3)38-32-28-24-20-16-12-8-4/h41-42H,5-40H2,1-4H3,(H2,45,49)(H2,46,50). The minimum absolute atomic E-state index is 0.355. The largest absolute Gasteiger partial charge is 0.369 e. The monoisotopic (exact) mass is 707 g/mol. The van der Waals surface area contributed by atoms with Gasteiger partial charge in [-0.05, 0) is 77.8 Å². The van der Waals surface area contributed by atoms with Crippen molar-refractivity contribution in [2.75, 3.05) is 39.3 Å². The van der Waals surface area contributed by atoms with E-state index in [-0.39, 0.29) is 11.8 Å². The lowest BCUT2D eigenvalue weighted by atomic mass is 9.85. The summed E-state index contributed by atoms with van der Waals surface area (Å²) in [6, 6.07) is 0. The summed E-state index contributed by atoms with van der Waals surface area (Å²) in [6.07, 6.45) is 37.7. The molecule has 0 aliphatic heterocycles. The molecule has 0 aromatic rings. The third-order valence-electron chi connectivity index (χ3n) is 11.0. The first-order valence-electron chi connectivity index (χ1n) is 22.4. The maximum Gasteiger partial charge on any atom is 0.221 e. The van der Waals surface area contributed by atoms with Gasteiger partial charge in [0.2, 0.25) is 11.8 Å². The summed E-state index contributed by atoms with van der Waals surface area (Å²) in [5.41, 5.74) is 12.1. The highest BCUT2D eigenvalue weighted by atomic mass is 16.2. The van der Waals surface area contributed by atoms with Crippen LogP contribution < -0.4 is 11.5 Å². The van der Waals surface area contributed by atoms with E-state index in [4.69, 9.17) is 11.5 Å². The lowest BCUT2D eigenvalue weighted by molar-refractivity contribution is -0.132. The van der Waals surface area contributed by atoms with Crippen molar-refractivity contribution in [2.45, 2.75) is 220 Å². The Labute approximate surface area is 313 Å². The SMILES string of the molecule is CCCCCCCCCN(CCCCCCCCC)CCC(C(N)=O)C(CCN(CCCCCCCCC)CCCCCCCCC)C(N)=O. The van der Waals surface area contributed by atoms with E-state index in [9.17, 15) is 9.59 Å². The third-order valence-corrected chi connectivity index (χ3v) is 11.0. The molecule has 0 fully saturated rings. The average Bonchev–Trinajstić information content (AvgIpc) is 3.10. The Morgan fingerprint density at radius 1 is 0.340 bits per heavy atom. The van der Waals surface area contributed by atoms with Crippen LogP contribution in [0.4, 0.5) is 0 Å². The summed E-state index contributed by atoms with van der Waals surface area (Å²) in [5, 5.41) is 0. The third kappa shape index (κ3) is 30.5. The Hall–Kier alpha value is -1.14. The quantitative estimate of drug-likeness (QED) is 0.0619. The second kappa shape index (κ2) is 37.6. The topological polar surface area (TPSA) is 92.7 Å². The molecule has 2 atom stereocenters. The average molecular weight is 707 g/mol. The summed E-state index contributed by atoms with van der Waals surface area (Å²) in [5.74, 6) is -1.69. The zero-order chi connectivity index (χ0) is 36.9. The number of rotatable bonds is 41. The first-order chi connectivity index (χ1) is 24.4. The summed E-state index contributed by atoms with van der Waals surface area (Å²) in [7, 11) is 0. The van der Waals surface area contributed by atoms with Gasteiger partial charge in [-0.3, -0.25) is 9.59 Å². The molecule has 0 bridgehead atoms. The predicted octanol–water partition coefficient (Wildman–Crippen LogP) is 11.6.